The van der Waals surface area contributed by atoms with Crippen molar-refractivity contribution < 1.29 is 4.74 Å². The molecule has 3 atom stereocenters. The third kappa shape index (κ3) is 1.33. The lowest BCUT2D eigenvalue weighted by molar-refractivity contribution is 0.0789. The van der Waals surface area contributed by atoms with Crippen LogP contribution in [0.15, 0.2) is 24.4 Å². The number of piperazine rings is 1. The molecule has 1 aromatic heterocycles. The molecule has 2 bridgehead atoms. The molecule has 2 saturated heterocycles. The summed E-state index contributed by atoms with van der Waals surface area (Å²) in [5.74, 6) is 1.03. The summed E-state index contributed by atoms with van der Waals surface area (Å²) in [6, 6.07) is 7.01. The van der Waals surface area contributed by atoms with E-state index in [1.165, 1.54) is 0 Å². The summed E-state index contributed by atoms with van der Waals surface area (Å²) in [6.45, 7) is 1.04. The van der Waals surface area contributed by atoms with E-state index in [-0.39, 0.29) is 6.23 Å². The second-order valence-electron chi connectivity index (χ2n) is 4.13. The second kappa shape index (κ2) is 3.47. The number of methoxy groups -OCH3 is 1. The fraction of sp³-hybridized carbons (Fsp3) is 0.545. The van der Waals surface area contributed by atoms with Crippen LogP contribution in [0.4, 0.5) is 5.82 Å². The number of nitrogens with zero attached hydrogens (tertiary/aromatic N) is 2. The number of hydrogen-bond acceptors (Lipinski definition) is 4. The zero-order chi connectivity index (χ0) is 10.3. The predicted molar refractivity (Wildman–Crippen MR) is 57.7 cm³/mol. The average Bonchev–Trinajstić information content (AvgIpc) is 2.89. The normalized spacial score (nSPS) is 33.7. The third-order valence-corrected chi connectivity index (χ3v) is 3.31. The molecule has 4 heteroatoms. The molecule has 0 aliphatic carbocycles. The highest BCUT2D eigenvalue weighted by molar-refractivity contribution is 5.44. The molecule has 15 heavy (non-hydrogen) atoms. The molecule has 3 heterocycles. The Labute approximate surface area is 89.3 Å². The van der Waals surface area contributed by atoms with Crippen LogP contribution in [0.3, 0.4) is 0 Å². The fourth-order valence-corrected chi connectivity index (χ4v) is 2.68. The number of nitrogens with one attached hydrogen (secondary N) is 1. The standard InChI is InChI=1S/C11H15N3O/c1-15-11-9-6-8(7-13-9)14(11)10-4-2-3-5-12-10/h2-5,8-9,11,13H,6-7H2,1H3/t8-,9-,11?/m0/s1. The molecule has 4 nitrogen and oxygen atoms in total. The van der Waals surface area contributed by atoms with Crippen molar-refractivity contribution in [2.24, 2.45) is 0 Å². The smallest absolute Gasteiger partial charge is 0.146 e. The maximum Gasteiger partial charge on any atom is 0.146 e. The van der Waals surface area contributed by atoms with Crippen molar-refractivity contribution in [3.63, 3.8) is 0 Å². The SMILES string of the molecule is COC1[C@@H]2C[C@@H](CN2)N1c1ccccn1. The Kier molecular flexibility index (Phi) is 2.11. The van der Waals surface area contributed by atoms with Crippen LogP contribution < -0.4 is 10.2 Å². The molecule has 2 aliphatic heterocycles. The average molecular weight is 205 g/mol. The number of hydrogen-bond donors (Lipinski definition) is 1. The predicted octanol–water partition coefficient (Wildman–Crippen LogP) is 0.605. The van der Waals surface area contributed by atoms with Crippen molar-refractivity contribution >= 4 is 5.82 Å². The molecular formula is C11H15N3O. The molecular weight excluding hydrogens is 190 g/mol. The zero-order valence-electron chi connectivity index (χ0n) is 8.76. The first-order valence-corrected chi connectivity index (χ1v) is 5.35. The van der Waals surface area contributed by atoms with Gasteiger partial charge in [-0.15, -0.1) is 0 Å². The minimum absolute atomic E-state index is 0.138. The van der Waals surface area contributed by atoms with Crippen LogP contribution in [0, 0.1) is 0 Å². The summed E-state index contributed by atoms with van der Waals surface area (Å²) in [4.78, 5) is 6.69. The summed E-state index contributed by atoms with van der Waals surface area (Å²) in [5, 5.41) is 3.46. The van der Waals surface area contributed by atoms with Gasteiger partial charge in [0.2, 0.25) is 0 Å². The lowest BCUT2D eigenvalue weighted by atomic mass is 10.2. The maximum absolute atomic E-state index is 5.54. The third-order valence-electron chi connectivity index (χ3n) is 3.31. The number of rotatable bonds is 2. The number of pyridine rings is 1. The van der Waals surface area contributed by atoms with Crippen molar-refractivity contribution in [1.82, 2.24) is 10.3 Å². The van der Waals surface area contributed by atoms with Gasteiger partial charge in [0.25, 0.3) is 0 Å². The molecule has 0 aromatic carbocycles. The van der Waals surface area contributed by atoms with E-state index in [4.69, 9.17) is 4.74 Å². The maximum atomic E-state index is 5.54. The first kappa shape index (κ1) is 9.12. The van der Waals surface area contributed by atoms with Gasteiger partial charge in [-0.3, -0.25) is 0 Å². The molecule has 0 radical (unpaired) electrons. The Bertz CT molecular complexity index is 343. The largest absolute Gasteiger partial charge is 0.360 e. The van der Waals surface area contributed by atoms with Crippen molar-refractivity contribution in [1.29, 1.82) is 0 Å². The minimum atomic E-state index is 0.138. The van der Waals surface area contributed by atoms with Crippen LogP contribution in [0.5, 0.6) is 0 Å². The van der Waals surface area contributed by atoms with E-state index in [0.717, 1.165) is 18.8 Å². The molecule has 0 saturated carbocycles. The Balaban J connectivity index is 1.92. The summed E-state index contributed by atoms with van der Waals surface area (Å²) >= 11 is 0. The van der Waals surface area contributed by atoms with Gasteiger partial charge in [0, 0.05) is 25.9 Å². The van der Waals surface area contributed by atoms with Crippen LogP contribution in [0.1, 0.15) is 6.42 Å². The molecule has 2 aliphatic rings. The first-order chi connectivity index (χ1) is 7.40. The van der Waals surface area contributed by atoms with E-state index >= 15 is 0 Å². The summed E-state index contributed by atoms with van der Waals surface area (Å²) in [7, 11) is 1.77. The molecule has 1 aromatic rings. The number of ether oxygens (including phenoxy) is 1. The lowest BCUT2D eigenvalue weighted by Gasteiger charge is -2.35. The Morgan fingerprint density at radius 1 is 1.53 bits per heavy atom. The summed E-state index contributed by atoms with van der Waals surface area (Å²) < 4.78 is 5.54. The van der Waals surface area contributed by atoms with Crippen LogP contribution in [0.2, 0.25) is 0 Å². The van der Waals surface area contributed by atoms with Gasteiger partial charge >= 0.3 is 0 Å². The van der Waals surface area contributed by atoms with Gasteiger partial charge in [0.05, 0.1) is 6.04 Å². The van der Waals surface area contributed by atoms with Crippen LogP contribution in [0.25, 0.3) is 0 Å². The molecule has 2 fully saturated rings. The Morgan fingerprint density at radius 3 is 3.20 bits per heavy atom. The van der Waals surface area contributed by atoms with Gasteiger partial charge < -0.3 is 15.0 Å². The summed E-state index contributed by atoms with van der Waals surface area (Å²) in [6.07, 6.45) is 3.13. The highest BCUT2D eigenvalue weighted by Crippen LogP contribution is 2.33. The van der Waals surface area contributed by atoms with E-state index in [0.29, 0.717) is 12.1 Å². The molecule has 1 N–H and O–H groups in total. The summed E-state index contributed by atoms with van der Waals surface area (Å²) in [5.41, 5.74) is 0. The van der Waals surface area contributed by atoms with Crippen LogP contribution in [-0.2, 0) is 4.74 Å². The number of aromatic nitrogens is 1. The fourth-order valence-electron chi connectivity index (χ4n) is 2.68. The van der Waals surface area contributed by atoms with Gasteiger partial charge in [-0.2, -0.15) is 0 Å². The number of anilines is 1. The van der Waals surface area contributed by atoms with Crippen molar-refractivity contribution in [3.05, 3.63) is 24.4 Å². The quantitative estimate of drug-likeness (QED) is 0.767. The Morgan fingerprint density at radius 2 is 2.47 bits per heavy atom. The molecule has 0 spiro atoms. The van der Waals surface area contributed by atoms with Gasteiger partial charge in [0.1, 0.15) is 12.0 Å². The van der Waals surface area contributed by atoms with E-state index in [1.54, 1.807) is 7.11 Å². The van der Waals surface area contributed by atoms with Crippen molar-refractivity contribution in [2.45, 2.75) is 24.7 Å². The van der Waals surface area contributed by atoms with Crippen molar-refractivity contribution in [2.75, 3.05) is 18.6 Å². The topological polar surface area (TPSA) is 37.4 Å². The second-order valence-corrected chi connectivity index (χ2v) is 4.13. The van der Waals surface area contributed by atoms with Crippen LogP contribution >= 0.6 is 0 Å². The van der Waals surface area contributed by atoms with E-state index in [9.17, 15) is 0 Å². The molecule has 80 valence electrons. The number of fused-ring (bicyclic) bond motifs is 2. The van der Waals surface area contributed by atoms with Crippen molar-refractivity contribution in [3.8, 4) is 0 Å². The van der Waals surface area contributed by atoms with Gasteiger partial charge in [-0.25, -0.2) is 4.98 Å². The van der Waals surface area contributed by atoms with E-state index < -0.39 is 0 Å². The zero-order valence-corrected chi connectivity index (χ0v) is 8.76. The Hall–Kier alpha value is -1.13. The highest BCUT2D eigenvalue weighted by Gasteiger charge is 2.46. The molecule has 1 unspecified atom stereocenters. The van der Waals surface area contributed by atoms with Gasteiger partial charge in [-0.1, -0.05) is 6.07 Å². The van der Waals surface area contributed by atoms with E-state index in [2.05, 4.69) is 15.2 Å². The minimum Gasteiger partial charge on any atom is -0.360 e. The molecule has 0 amide bonds. The van der Waals surface area contributed by atoms with Gasteiger partial charge in [0.15, 0.2) is 0 Å². The lowest BCUT2D eigenvalue weighted by Crippen LogP contribution is -2.52. The highest BCUT2D eigenvalue weighted by atomic mass is 16.5. The molecule has 3 rings (SSSR count). The van der Waals surface area contributed by atoms with E-state index in [1.807, 2.05) is 24.4 Å². The van der Waals surface area contributed by atoms with Gasteiger partial charge in [-0.05, 0) is 18.6 Å². The first-order valence-electron chi connectivity index (χ1n) is 5.35. The van der Waals surface area contributed by atoms with Crippen LogP contribution in [-0.4, -0.2) is 37.0 Å². The monoisotopic (exact) mass is 205 g/mol.